The second-order valence-electron chi connectivity index (χ2n) is 9.25. The Kier molecular flexibility index (Phi) is 6.89. The predicted molar refractivity (Wildman–Crippen MR) is 137 cm³/mol. The number of anilines is 1. The molecule has 0 spiro atoms. The summed E-state index contributed by atoms with van der Waals surface area (Å²) >= 11 is 1.55. The zero-order chi connectivity index (χ0) is 24.5. The molecule has 0 aliphatic carbocycles. The second-order valence-corrected chi connectivity index (χ2v) is 12.0. The van der Waals surface area contributed by atoms with Crippen LogP contribution in [0.25, 0.3) is 11.3 Å². The zero-order valence-electron chi connectivity index (χ0n) is 20.2. The molecular weight excluding hydrogens is 470 g/mol. The molecule has 0 bridgehead atoms. The minimum absolute atomic E-state index is 0.0175. The summed E-state index contributed by atoms with van der Waals surface area (Å²) in [5.74, 6) is 1.42. The van der Waals surface area contributed by atoms with Gasteiger partial charge in [0.1, 0.15) is 11.5 Å². The first kappa shape index (κ1) is 24.5. The van der Waals surface area contributed by atoms with Crippen molar-refractivity contribution >= 4 is 26.5 Å². The molecule has 182 valence electrons. The number of rotatable bonds is 6. The van der Waals surface area contributed by atoms with E-state index in [1.165, 1.54) is 0 Å². The van der Waals surface area contributed by atoms with Crippen molar-refractivity contribution in [3.8, 4) is 22.8 Å². The maximum Gasteiger partial charge on any atom is 0.243 e. The number of aromatic nitrogens is 1. The number of hydrogen-bond donors (Lipinski definition) is 0. The van der Waals surface area contributed by atoms with Crippen molar-refractivity contribution in [1.82, 2.24) is 9.29 Å². The predicted octanol–water partition coefficient (Wildman–Crippen LogP) is 4.64. The Morgan fingerprint density at radius 3 is 2.21 bits per heavy atom. The summed E-state index contributed by atoms with van der Waals surface area (Å²) in [5.41, 5.74) is 2.82. The van der Waals surface area contributed by atoms with Gasteiger partial charge in [-0.1, -0.05) is 32.9 Å². The zero-order valence-corrected chi connectivity index (χ0v) is 21.9. The molecule has 1 aliphatic heterocycles. The third-order valence-corrected chi connectivity index (χ3v) is 8.86. The van der Waals surface area contributed by atoms with Gasteiger partial charge in [-0.25, -0.2) is 13.4 Å². The van der Waals surface area contributed by atoms with Crippen molar-refractivity contribution < 1.29 is 17.9 Å². The van der Waals surface area contributed by atoms with Crippen molar-refractivity contribution in [3.63, 3.8) is 0 Å². The van der Waals surface area contributed by atoms with Gasteiger partial charge in [-0.05, 0) is 35.2 Å². The van der Waals surface area contributed by atoms with Gasteiger partial charge in [-0.15, -0.1) is 11.3 Å². The monoisotopic (exact) mass is 501 g/mol. The van der Waals surface area contributed by atoms with E-state index in [9.17, 15) is 8.42 Å². The lowest BCUT2D eigenvalue weighted by molar-refractivity contribution is 0.384. The SMILES string of the molecule is COc1ccc(-c2csc(N3CCN(S(=O)(=O)c4ccc(C(C)(C)C)cc4)CC3)n2)c(OC)c1. The van der Waals surface area contributed by atoms with Crippen LogP contribution in [0.4, 0.5) is 5.13 Å². The van der Waals surface area contributed by atoms with Crippen molar-refractivity contribution in [2.45, 2.75) is 31.1 Å². The molecule has 1 aliphatic rings. The molecule has 1 saturated heterocycles. The standard InChI is InChI=1S/C25H31N3O4S2/c1-25(2,3)18-6-9-20(10-7-18)34(29,30)28-14-12-27(13-15-28)24-26-22(17-33-24)21-11-8-19(31-4)16-23(21)32-5/h6-11,16-17H,12-15H2,1-5H3. The van der Waals surface area contributed by atoms with Crippen LogP contribution in [-0.2, 0) is 15.4 Å². The number of nitrogens with zero attached hydrogens (tertiary/aromatic N) is 3. The number of hydrogen-bond acceptors (Lipinski definition) is 7. The molecule has 2 aromatic carbocycles. The van der Waals surface area contributed by atoms with E-state index in [1.807, 2.05) is 35.7 Å². The van der Waals surface area contributed by atoms with Crippen LogP contribution >= 0.6 is 11.3 Å². The van der Waals surface area contributed by atoms with E-state index < -0.39 is 10.0 Å². The number of thiazole rings is 1. The van der Waals surface area contributed by atoms with Crippen molar-refractivity contribution in [1.29, 1.82) is 0 Å². The minimum Gasteiger partial charge on any atom is -0.497 e. The van der Waals surface area contributed by atoms with Gasteiger partial charge in [0.25, 0.3) is 0 Å². The summed E-state index contributed by atoms with van der Waals surface area (Å²) in [6, 6.07) is 12.9. The first-order valence-electron chi connectivity index (χ1n) is 11.2. The van der Waals surface area contributed by atoms with E-state index in [0.717, 1.165) is 27.7 Å². The molecule has 7 nitrogen and oxygen atoms in total. The van der Waals surface area contributed by atoms with E-state index in [0.29, 0.717) is 36.8 Å². The lowest BCUT2D eigenvalue weighted by Crippen LogP contribution is -2.48. The lowest BCUT2D eigenvalue weighted by atomic mass is 9.87. The molecule has 34 heavy (non-hydrogen) atoms. The van der Waals surface area contributed by atoms with Gasteiger partial charge in [0.05, 0.1) is 24.8 Å². The molecule has 9 heteroatoms. The van der Waals surface area contributed by atoms with Crippen LogP contribution in [0, 0.1) is 0 Å². The molecule has 0 amide bonds. The van der Waals surface area contributed by atoms with Crippen LogP contribution in [0.15, 0.2) is 52.7 Å². The summed E-state index contributed by atoms with van der Waals surface area (Å²) in [6.45, 7) is 8.37. The van der Waals surface area contributed by atoms with Gasteiger partial charge >= 0.3 is 0 Å². The third-order valence-electron chi connectivity index (χ3n) is 6.04. The Labute approximate surface area is 206 Å². The van der Waals surface area contributed by atoms with Crippen molar-refractivity contribution in [2.24, 2.45) is 0 Å². The molecular formula is C25H31N3O4S2. The van der Waals surface area contributed by atoms with E-state index in [1.54, 1.807) is 42.0 Å². The summed E-state index contributed by atoms with van der Waals surface area (Å²) in [5, 5.41) is 2.87. The number of benzene rings is 2. The Balaban J connectivity index is 1.45. The smallest absolute Gasteiger partial charge is 0.243 e. The third kappa shape index (κ3) is 4.92. The largest absolute Gasteiger partial charge is 0.497 e. The van der Waals surface area contributed by atoms with Gasteiger partial charge in [0, 0.05) is 43.2 Å². The highest BCUT2D eigenvalue weighted by molar-refractivity contribution is 7.89. The Morgan fingerprint density at radius 2 is 1.62 bits per heavy atom. The van der Waals surface area contributed by atoms with Gasteiger partial charge in [0.2, 0.25) is 10.0 Å². The maximum absolute atomic E-state index is 13.2. The number of piperazine rings is 1. The van der Waals surface area contributed by atoms with Crippen molar-refractivity contribution in [2.75, 3.05) is 45.3 Å². The van der Waals surface area contributed by atoms with Crippen LogP contribution in [0.5, 0.6) is 11.5 Å². The molecule has 4 rings (SSSR count). The minimum atomic E-state index is -3.52. The quantitative estimate of drug-likeness (QED) is 0.490. The van der Waals surface area contributed by atoms with Crippen LogP contribution < -0.4 is 14.4 Å². The van der Waals surface area contributed by atoms with Gasteiger partial charge < -0.3 is 14.4 Å². The summed E-state index contributed by atoms with van der Waals surface area (Å²) < 4.78 is 38.7. The molecule has 0 atom stereocenters. The number of sulfonamides is 1. The van der Waals surface area contributed by atoms with Crippen LogP contribution in [0.3, 0.4) is 0 Å². The molecule has 0 saturated carbocycles. The second kappa shape index (κ2) is 9.56. The average Bonchev–Trinajstić information content (AvgIpc) is 3.33. The molecule has 1 fully saturated rings. The lowest BCUT2D eigenvalue weighted by Gasteiger charge is -2.33. The first-order valence-corrected chi connectivity index (χ1v) is 13.5. The normalized spacial score (nSPS) is 15.4. The van der Waals surface area contributed by atoms with Crippen molar-refractivity contribution in [3.05, 3.63) is 53.4 Å². The highest BCUT2D eigenvalue weighted by Gasteiger charge is 2.30. The van der Waals surface area contributed by atoms with E-state index in [-0.39, 0.29) is 5.41 Å². The highest BCUT2D eigenvalue weighted by atomic mass is 32.2. The van der Waals surface area contributed by atoms with Gasteiger partial charge in [-0.2, -0.15) is 4.31 Å². The maximum atomic E-state index is 13.2. The molecule has 1 aromatic heterocycles. The molecule has 0 N–H and O–H groups in total. The van der Waals surface area contributed by atoms with E-state index in [4.69, 9.17) is 14.5 Å². The van der Waals surface area contributed by atoms with Crippen LogP contribution in [0.1, 0.15) is 26.3 Å². The Morgan fingerprint density at radius 1 is 0.941 bits per heavy atom. The number of ether oxygens (including phenoxy) is 2. The summed E-state index contributed by atoms with van der Waals surface area (Å²) in [4.78, 5) is 7.28. The van der Waals surface area contributed by atoms with Gasteiger partial charge in [-0.3, -0.25) is 0 Å². The van der Waals surface area contributed by atoms with Gasteiger partial charge in [0.15, 0.2) is 5.13 Å². The van der Waals surface area contributed by atoms with Crippen LogP contribution in [0.2, 0.25) is 0 Å². The molecule has 0 radical (unpaired) electrons. The average molecular weight is 502 g/mol. The molecule has 3 aromatic rings. The van der Waals surface area contributed by atoms with E-state index >= 15 is 0 Å². The molecule has 0 unspecified atom stereocenters. The summed E-state index contributed by atoms with van der Waals surface area (Å²) in [7, 11) is -0.274. The molecule has 2 heterocycles. The Bertz CT molecular complexity index is 1240. The van der Waals surface area contributed by atoms with Crippen LogP contribution in [-0.4, -0.2) is 58.1 Å². The Hall–Kier alpha value is -2.62. The fraction of sp³-hybridized carbons (Fsp3) is 0.400. The summed E-state index contributed by atoms with van der Waals surface area (Å²) in [6.07, 6.45) is 0. The fourth-order valence-electron chi connectivity index (χ4n) is 3.94. The highest BCUT2D eigenvalue weighted by Crippen LogP contribution is 2.36. The topological polar surface area (TPSA) is 72.0 Å². The van der Waals surface area contributed by atoms with E-state index in [2.05, 4.69) is 25.7 Å². The fourth-order valence-corrected chi connectivity index (χ4v) is 6.24. The first-order chi connectivity index (χ1) is 16.1. The number of methoxy groups -OCH3 is 2.